The number of carboxylic acids is 1. The molecule has 14 nitrogen and oxygen atoms in total. The SMILES string of the molecule is CC[C@H](C)[C@@H]([C@@H](CC(=O)N1CCC[C@H]1[C@H](OC)[C@@H](C)C(=O)C[C@@H](Cc1ccccc1)C(=O)O)OC)N(C)C(=O)[C@@H](NC(=O)[C@H](C(C)C)N(C)C(=O)[C@@H](N)C(C)C)C(C)C. The van der Waals surface area contributed by atoms with Crippen molar-refractivity contribution in [2.45, 2.75) is 143 Å². The number of carbonyl (C=O) groups is 6. The van der Waals surface area contributed by atoms with Crippen molar-refractivity contribution < 1.29 is 43.3 Å². The van der Waals surface area contributed by atoms with Crippen LogP contribution in [0.4, 0.5) is 0 Å². The van der Waals surface area contributed by atoms with Gasteiger partial charge in [0.25, 0.3) is 0 Å². The molecule has 1 saturated heterocycles. The number of nitrogens with one attached hydrogen (secondary N) is 1. The third-order valence-corrected chi connectivity index (χ3v) is 12.4. The highest BCUT2D eigenvalue weighted by atomic mass is 16.5. The molecule has 4 N–H and O–H groups in total. The van der Waals surface area contributed by atoms with Crippen LogP contribution >= 0.6 is 0 Å². The van der Waals surface area contributed by atoms with Gasteiger partial charge in [-0.2, -0.15) is 0 Å². The zero-order chi connectivity index (χ0) is 44.9. The quantitative estimate of drug-likeness (QED) is 0.135. The molecule has 0 radical (unpaired) electrons. The highest BCUT2D eigenvalue weighted by Crippen LogP contribution is 2.31. The first-order valence-electron chi connectivity index (χ1n) is 21.4. The molecule has 0 aromatic heterocycles. The number of ketones is 1. The summed E-state index contributed by atoms with van der Waals surface area (Å²) in [7, 11) is 6.26. The van der Waals surface area contributed by atoms with Crippen LogP contribution in [0.2, 0.25) is 0 Å². The fraction of sp³-hybridized carbons (Fsp3) is 0.733. The van der Waals surface area contributed by atoms with Gasteiger partial charge in [0.15, 0.2) is 0 Å². The van der Waals surface area contributed by atoms with Crippen LogP contribution in [0.3, 0.4) is 0 Å². The molecule has 1 aliphatic heterocycles. The summed E-state index contributed by atoms with van der Waals surface area (Å²) in [6.07, 6.45) is 0.626. The molecule has 0 unspecified atom stereocenters. The summed E-state index contributed by atoms with van der Waals surface area (Å²) >= 11 is 0. The Balaban J connectivity index is 2.31. The predicted molar refractivity (Wildman–Crippen MR) is 228 cm³/mol. The summed E-state index contributed by atoms with van der Waals surface area (Å²) in [6, 6.07) is 5.66. The molecule has 0 spiro atoms. The number of ether oxygens (including phenoxy) is 2. The van der Waals surface area contributed by atoms with E-state index in [9.17, 15) is 33.9 Å². The van der Waals surface area contributed by atoms with Crippen LogP contribution in [0.1, 0.15) is 100.0 Å². The summed E-state index contributed by atoms with van der Waals surface area (Å²) in [5.41, 5.74) is 7.00. The molecule has 4 amide bonds. The molecular weight excluding hydrogens is 755 g/mol. The number of Topliss-reactive ketones (excluding diaryl/α,β-unsaturated/α-hetero) is 1. The number of amides is 4. The van der Waals surface area contributed by atoms with Crippen LogP contribution in [-0.4, -0.2) is 132 Å². The van der Waals surface area contributed by atoms with Gasteiger partial charge >= 0.3 is 5.97 Å². The Morgan fingerprint density at radius 1 is 0.864 bits per heavy atom. The summed E-state index contributed by atoms with van der Waals surface area (Å²) in [4.78, 5) is 86.4. The molecule has 1 heterocycles. The topological polar surface area (TPSA) is 189 Å². The number of carbonyl (C=O) groups excluding carboxylic acids is 5. The lowest BCUT2D eigenvalue weighted by Crippen LogP contribution is -2.61. The van der Waals surface area contributed by atoms with Crippen LogP contribution < -0.4 is 11.1 Å². The van der Waals surface area contributed by atoms with Gasteiger partial charge in [-0.1, -0.05) is 99.1 Å². The largest absolute Gasteiger partial charge is 0.481 e. The first kappa shape index (κ1) is 51.3. The Labute approximate surface area is 353 Å². The molecule has 59 heavy (non-hydrogen) atoms. The van der Waals surface area contributed by atoms with Gasteiger partial charge in [-0.25, -0.2) is 0 Å². The molecule has 14 heteroatoms. The average molecular weight is 830 g/mol. The molecule has 0 aliphatic carbocycles. The molecule has 1 aromatic rings. The molecule has 0 saturated carbocycles. The first-order valence-corrected chi connectivity index (χ1v) is 21.4. The lowest BCUT2D eigenvalue weighted by Gasteiger charge is -2.41. The molecule has 0 bridgehead atoms. The van der Waals surface area contributed by atoms with Crippen LogP contribution in [0.5, 0.6) is 0 Å². The second-order valence-electron chi connectivity index (χ2n) is 17.6. The lowest BCUT2D eigenvalue weighted by atomic mass is 9.85. The van der Waals surface area contributed by atoms with Crippen molar-refractivity contribution in [2.24, 2.45) is 41.2 Å². The highest BCUT2D eigenvalue weighted by Gasteiger charge is 2.44. The molecule has 1 aliphatic rings. The Hall–Kier alpha value is -3.88. The normalized spacial score (nSPS) is 19.0. The van der Waals surface area contributed by atoms with Crippen LogP contribution in [-0.2, 0) is 44.7 Å². The molecule has 10 atom stereocenters. The van der Waals surface area contributed by atoms with E-state index in [-0.39, 0.29) is 66.4 Å². The number of nitrogens with zero attached hydrogens (tertiary/aromatic N) is 3. The summed E-state index contributed by atoms with van der Waals surface area (Å²) in [6.45, 7) is 17.2. The third kappa shape index (κ3) is 13.6. The number of aliphatic carboxylic acids is 1. The van der Waals surface area contributed by atoms with Gasteiger partial charge in [0.2, 0.25) is 23.6 Å². The maximum atomic E-state index is 14.5. The van der Waals surface area contributed by atoms with E-state index < -0.39 is 66.1 Å². The van der Waals surface area contributed by atoms with Gasteiger partial charge in [-0.15, -0.1) is 0 Å². The Kier molecular flexibility index (Phi) is 20.7. The van der Waals surface area contributed by atoms with Crippen molar-refractivity contribution in [2.75, 3.05) is 34.9 Å². The van der Waals surface area contributed by atoms with Crippen molar-refractivity contribution in [1.29, 1.82) is 0 Å². The third-order valence-electron chi connectivity index (χ3n) is 12.4. The number of rotatable bonds is 24. The number of nitrogens with two attached hydrogens (primary N) is 1. The van der Waals surface area contributed by atoms with Gasteiger partial charge in [-0.05, 0) is 48.5 Å². The number of carboxylic acid groups (broad SMARTS) is 1. The van der Waals surface area contributed by atoms with Crippen LogP contribution in [0.25, 0.3) is 0 Å². The van der Waals surface area contributed by atoms with E-state index in [1.54, 1.807) is 30.8 Å². The number of methoxy groups -OCH3 is 2. The van der Waals surface area contributed by atoms with Gasteiger partial charge < -0.3 is 40.3 Å². The second kappa shape index (κ2) is 23.8. The number of hydrogen-bond acceptors (Lipinski definition) is 9. The zero-order valence-electron chi connectivity index (χ0n) is 38.0. The van der Waals surface area contributed by atoms with Gasteiger partial charge in [0.1, 0.15) is 17.9 Å². The molecular formula is C45H75N5O9. The van der Waals surface area contributed by atoms with Crippen molar-refractivity contribution in [1.82, 2.24) is 20.0 Å². The smallest absolute Gasteiger partial charge is 0.307 e. The van der Waals surface area contributed by atoms with Gasteiger partial charge in [0, 0.05) is 47.2 Å². The first-order chi connectivity index (χ1) is 27.6. The Morgan fingerprint density at radius 2 is 1.47 bits per heavy atom. The minimum atomic E-state index is -1.04. The highest BCUT2D eigenvalue weighted by molar-refractivity contribution is 5.93. The second-order valence-corrected chi connectivity index (χ2v) is 17.6. The number of likely N-dealkylation sites (N-methyl/N-ethyl adjacent to an activating group) is 2. The summed E-state index contributed by atoms with van der Waals surface area (Å²) in [5, 5.41) is 12.9. The number of hydrogen-bond donors (Lipinski definition) is 3. The van der Waals surface area contributed by atoms with Gasteiger partial charge in [-0.3, -0.25) is 28.8 Å². The maximum Gasteiger partial charge on any atom is 0.307 e. The fourth-order valence-electron chi connectivity index (χ4n) is 8.47. The van der Waals surface area contributed by atoms with E-state index in [0.29, 0.717) is 25.8 Å². The molecule has 2 rings (SSSR count). The summed E-state index contributed by atoms with van der Waals surface area (Å²) < 4.78 is 11.9. The fourth-order valence-corrected chi connectivity index (χ4v) is 8.47. The summed E-state index contributed by atoms with van der Waals surface area (Å²) in [5.74, 6) is -5.03. The number of likely N-dealkylation sites (tertiary alicyclic amines) is 1. The van der Waals surface area contributed by atoms with E-state index in [4.69, 9.17) is 15.2 Å². The monoisotopic (exact) mass is 830 g/mol. The molecule has 1 fully saturated rings. The molecule has 334 valence electrons. The van der Waals surface area contributed by atoms with Crippen molar-refractivity contribution in [3.8, 4) is 0 Å². The molecule has 1 aromatic carbocycles. The Bertz CT molecular complexity index is 1540. The van der Waals surface area contributed by atoms with Crippen LogP contribution in [0.15, 0.2) is 30.3 Å². The lowest BCUT2D eigenvalue weighted by molar-refractivity contribution is -0.149. The van der Waals surface area contributed by atoms with Crippen molar-refractivity contribution in [3.05, 3.63) is 35.9 Å². The van der Waals surface area contributed by atoms with E-state index in [1.165, 1.54) is 19.1 Å². The Morgan fingerprint density at radius 3 is 1.97 bits per heavy atom. The average Bonchev–Trinajstić information content (AvgIpc) is 3.68. The predicted octanol–water partition coefficient (Wildman–Crippen LogP) is 4.42. The van der Waals surface area contributed by atoms with Crippen LogP contribution in [0, 0.1) is 35.5 Å². The van der Waals surface area contributed by atoms with E-state index in [2.05, 4.69) is 5.32 Å². The number of benzene rings is 1. The van der Waals surface area contributed by atoms with Crippen molar-refractivity contribution in [3.63, 3.8) is 0 Å². The maximum absolute atomic E-state index is 14.5. The van der Waals surface area contributed by atoms with Crippen molar-refractivity contribution >= 4 is 35.4 Å². The van der Waals surface area contributed by atoms with E-state index >= 15 is 0 Å². The standard InChI is InChI=1S/C45H75N5O9/c1-14-29(8)40(49(11)44(55)38(27(4)5)47-42(53)39(28(6)7)48(10)43(54)37(46)26(2)3)35(58-12)25-36(52)50-22-18-21-33(50)41(59-13)30(9)34(51)24-32(45(56)57)23-31-19-16-15-17-20-31/h15-17,19-20,26-30,32-33,35,37-41H,14,18,21-25,46H2,1-13H3,(H,47,53)(H,56,57)/t29-,30-,32+,33-,35+,37-,38-,39-,40-,41+/m0/s1. The minimum absolute atomic E-state index is 0.0479. The van der Waals surface area contributed by atoms with E-state index in [1.807, 2.05) is 85.7 Å². The van der Waals surface area contributed by atoms with Gasteiger partial charge in [0.05, 0.1) is 42.7 Å². The minimum Gasteiger partial charge on any atom is -0.481 e. The zero-order valence-corrected chi connectivity index (χ0v) is 38.0. The van der Waals surface area contributed by atoms with E-state index in [0.717, 1.165) is 5.56 Å².